The largest absolute Gasteiger partial charge is 0.446 e. The SMILES string of the molecule is CC(C)C(C)OC(=O)Nc1nc2ccccc2[nH]1. The van der Waals surface area contributed by atoms with E-state index in [1.807, 2.05) is 45.0 Å². The Kier molecular flexibility index (Phi) is 3.50. The molecule has 1 heterocycles. The molecule has 5 heteroatoms. The summed E-state index contributed by atoms with van der Waals surface area (Å²) in [7, 11) is 0. The second kappa shape index (κ2) is 5.08. The van der Waals surface area contributed by atoms with Crippen molar-refractivity contribution in [2.75, 3.05) is 5.32 Å². The molecule has 2 aromatic rings. The normalized spacial score (nSPS) is 12.7. The molecule has 0 radical (unpaired) electrons. The quantitative estimate of drug-likeness (QED) is 0.875. The summed E-state index contributed by atoms with van der Waals surface area (Å²) < 4.78 is 5.20. The van der Waals surface area contributed by atoms with Gasteiger partial charge in [0.25, 0.3) is 0 Å². The van der Waals surface area contributed by atoms with Crippen molar-refractivity contribution in [1.29, 1.82) is 0 Å². The molecular formula is C13H17N3O2. The van der Waals surface area contributed by atoms with E-state index in [1.54, 1.807) is 0 Å². The van der Waals surface area contributed by atoms with Gasteiger partial charge in [0.15, 0.2) is 0 Å². The number of carbonyl (C=O) groups is 1. The molecule has 18 heavy (non-hydrogen) atoms. The number of imidazole rings is 1. The monoisotopic (exact) mass is 247 g/mol. The van der Waals surface area contributed by atoms with E-state index in [0.717, 1.165) is 11.0 Å². The summed E-state index contributed by atoms with van der Waals surface area (Å²) in [5, 5.41) is 2.59. The van der Waals surface area contributed by atoms with Gasteiger partial charge >= 0.3 is 6.09 Å². The molecule has 1 unspecified atom stereocenters. The summed E-state index contributed by atoms with van der Waals surface area (Å²) in [5.41, 5.74) is 1.69. The van der Waals surface area contributed by atoms with Crippen molar-refractivity contribution < 1.29 is 9.53 Å². The zero-order chi connectivity index (χ0) is 13.1. The van der Waals surface area contributed by atoms with E-state index in [-0.39, 0.29) is 12.0 Å². The van der Waals surface area contributed by atoms with E-state index in [9.17, 15) is 4.79 Å². The molecule has 0 aliphatic heterocycles. The molecule has 96 valence electrons. The van der Waals surface area contributed by atoms with Crippen LogP contribution in [0.2, 0.25) is 0 Å². The first-order chi connectivity index (χ1) is 8.56. The van der Waals surface area contributed by atoms with E-state index in [2.05, 4.69) is 15.3 Å². The number of aromatic nitrogens is 2. The van der Waals surface area contributed by atoms with Crippen LogP contribution in [0.25, 0.3) is 11.0 Å². The number of carbonyl (C=O) groups excluding carboxylic acids is 1. The number of anilines is 1. The zero-order valence-electron chi connectivity index (χ0n) is 10.7. The van der Waals surface area contributed by atoms with Gasteiger partial charge in [0.2, 0.25) is 5.95 Å². The van der Waals surface area contributed by atoms with E-state index in [1.165, 1.54) is 0 Å². The lowest BCUT2D eigenvalue weighted by molar-refractivity contribution is 0.0939. The molecule has 0 fully saturated rings. The van der Waals surface area contributed by atoms with Crippen molar-refractivity contribution in [1.82, 2.24) is 9.97 Å². The van der Waals surface area contributed by atoms with Crippen LogP contribution in [0.4, 0.5) is 10.7 Å². The average molecular weight is 247 g/mol. The van der Waals surface area contributed by atoms with E-state index < -0.39 is 6.09 Å². The second-order valence-electron chi connectivity index (χ2n) is 4.58. The van der Waals surface area contributed by atoms with E-state index >= 15 is 0 Å². The van der Waals surface area contributed by atoms with Gasteiger partial charge in [0.05, 0.1) is 11.0 Å². The fourth-order valence-corrected chi connectivity index (χ4v) is 1.44. The number of nitrogens with zero attached hydrogens (tertiary/aromatic N) is 1. The third kappa shape index (κ3) is 2.80. The maximum absolute atomic E-state index is 11.6. The van der Waals surface area contributed by atoms with Crippen molar-refractivity contribution >= 4 is 23.1 Å². The lowest BCUT2D eigenvalue weighted by Crippen LogP contribution is -2.24. The van der Waals surface area contributed by atoms with Crippen molar-refractivity contribution in [3.63, 3.8) is 0 Å². The smallest absolute Gasteiger partial charge is 0.414 e. The average Bonchev–Trinajstić information content (AvgIpc) is 2.70. The molecule has 2 N–H and O–H groups in total. The first kappa shape index (κ1) is 12.4. The Morgan fingerprint density at radius 2 is 2.06 bits per heavy atom. The van der Waals surface area contributed by atoms with Crippen LogP contribution in [-0.4, -0.2) is 22.2 Å². The van der Waals surface area contributed by atoms with Crippen molar-refractivity contribution in [2.24, 2.45) is 5.92 Å². The fourth-order valence-electron chi connectivity index (χ4n) is 1.44. The second-order valence-corrected chi connectivity index (χ2v) is 4.58. The van der Waals surface area contributed by atoms with Crippen LogP contribution in [0.15, 0.2) is 24.3 Å². The molecule has 0 spiro atoms. The summed E-state index contributed by atoms with van der Waals surface area (Å²) in [6.07, 6.45) is -0.621. The highest BCUT2D eigenvalue weighted by Crippen LogP contribution is 2.14. The number of rotatable bonds is 3. The molecular weight excluding hydrogens is 230 g/mol. The first-order valence-corrected chi connectivity index (χ1v) is 5.98. The number of fused-ring (bicyclic) bond motifs is 1. The molecule has 0 aliphatic carbocycles. The van der Waals surface area contributed by atoms with Crippen LogP contribution < -0.4 is 5.32 Å². The highest BCUT2D eigenvalue weighted by molar-refractivity contribution is 5.86. The van der Waals surface area contributed by atoms with Gasteiger partial charge in [-0.1, -0.05) is 26.0 Å². The van der Waals surface area contributed by atoms with Gasteiger partial charge in [-0.15, -0.1) is 0 Å². The molecule has 1 amide bonds. The number of ether oxygens (including phenoxy) is 1. The molecule has 0 aliphatic rings. The van der Waals surface area contributed by atoms with Crippen molar-refractivity contribution in [3.8, 4) is 0 Å². The van der Waals surface area contributed by atoms with Crippen LogP contribution in [0.1, 0.15) is 20.8 Å². The lowest BCUT2D eigenvalue weighted by Gasteiger charge is -2.16. The van der Waals surface area contributed by atoms with Gasteiger partial charge in [0.1, 0.15) is 6.10 Å². The Bertz CT molecular complexity index is 515. The third-order valence-electron chi connectivity index (χ3n) is 2.84. The standard InChI is InChI=1S/C13H17N3O2/c1-8(2)9(3)18-13(17)16-12-14-10-6-4-5-7-11(10)15-12/h4-9H,1-3H3,(H2,14,15,16,17). The Hall–Kier alpha value is -2.04. The highest BCUT2D eigenvalue weighted by atomic mass is 16.6. The van der Waals surface area contributed by atoms with Crippen molar-refractivity contribution in [3.05, 3.63) is 24.3 Å². The maximum atomic E-state index is 11.6. The molecule has 0 saturated carbocycles. The van der Waals surface area contributed by atoms with Crippen LogP contribution in [0.5, 0.6) is 0 Å². The summed E-state index contributed by atoms with van der Waals surface area (Å²) >= 11 is 0. The van der Waals surface area contributed by atoms with Crippen LogP contribution in [0.3, 0.4) is 0 Å². The summed E-state index contributed by atoms with van der Waals surface area (Å²) in [4.78, 5) is 18.9. The number of hydrogen-bond donors (Lipinski definition) is 2. The van der Waals surface area contributed by atoms with Gasteiger partial charge in [-0.05, 0) is 25.0 Å². The topological polar surface area (TPSA) is 67.0 Å². The number of aromatic amines is 1. The molecule has 1 atom stereocenters. The van der Waals surface area contributed by atoms with Gasteiger partial charge in [0, 0.05) is 0 Å². The predicted molar refractivity (Wildman–Crippen MR) is 70.5 cm³/mol. The highest BCUT2D eigenvalue weighted by Gasteiger charge is 2.14. The van der Waals surface area contributed by atoms with Crippen LogP contribution >= 0.6 is 0 Å². The number of benzene rings is 1. The minimum atomic E-state index is -0.491. The molecule has 1 aromatic heterocycles. The third-order valence-corrected chi connectivity index (χ3v) is 2.84. The van der Waals surface area contributed by atoms with Gasteiger partial charge in [-0.3, -0.25) is 5.32 Å². The molecule has 2 rings (SSSR count). The number of amides is 1. The maximum Gasteiger partial charge on any atom is 0.414 e. The minimum Gasteiger partial charge on any atom is -0.446 e. The number of para-hydroxylation sites is 2. The summed E-state index contributed by atoms with van der Waals surface area (Å²) in [5.74, 6) is 0.684. The minimum absolute atomic E-state index is 0.130. The van der Waals surface area contributed by atoms with Gasteiger partial charge in [-0.2, -0.15) is 0 Å². The summed E-state index contributed by atoms with van der Waals surface area (Å²) in [6.45, 7) is 5.86. The number of hydrogen-bond acceptors (Lipinski definition) is 3. The number of H-pyrrole nitrogens is 1. The Balaban J connectivity index is 2.03. The fraction of sp³-hybridized carbons (Fsp3) is 0.385. The Labute approximate surface area is 106 Å². The van der Waals surface area contributed by atoms with E-state index in [4.69, 9.17) is 4.74 Å². The molecule has 5 nitrogen and oxygen atoms in total. The van der Waals surface area contributed by atoms with Crippen LogP contribution in [0, 0.1) is 5.92 Å². The van der Waals surface area contributed by atoms with E-state index in [0.29, 0.717) is 5.95 Å². The molecule has 0 bridgehead atoms. The van der Waals surface area contributed by atoms with Crippen molar-refractivity contribution in [2.45, 2.75) is 26.9 Å². The predicted octanol–water partition coefficient (Wildman–Crippen LogP) is 3.16. The lowest BCUT2D eigenvalue weighted by atomic mass is 10.1. The summed E-state index contributed by atoms with van der Waals surface area (Å²) in [6, 6.07) is 7.57. The number of nitrogens with one attached hydrogen (secondary N) is 2. The van der Waals surface area contributed by atoms with Gasteiger partial charge in [-0.25, -0.2) is 9.78 Å². The first-order valence-electron chi connectivity index (χ1n) is 5.98. The Morgan fingerprint density at radius 1 is 1.33 bits per heavy atom. The Morgan fingerprint density at radius 3 is 2.72 bits per heavy atom. The molecule has 1 aromatic carbocycles. The zero-order valence-corrected chi connectivity index (χ0v) is 10.7. The van der Waals surface area contributed by atoms with Gasteiger partial charge < -0.3 is 9.72 Å². The molecule has 0 saturated heterocycles. The van der Waals surface area contributed by atoms with Crippen LogP contribution in [-0.2, 0) is 4.74 Å².